The van der Waals surface area contributed by atoms with Gasteiger partial charge < -0.3 is 20.4 Å². The molecule has 1 atom stereocenters. The first-order valence-electron chi connectivity index (χ1n) is 7.10. The zero-order chi connectivity index (χ0) is 14.4. The van der Waals surface area contributed by atoms with Crippen molar-refractivity contribution in [2.75, 3.05) is 44.0 Å². The Morgan fingerprint density at radius 3 is 2.95 bits per heavy atom. The third kappa shape index (κ3) is 4.29. The first kappa shape index (κ1) is 15.0. The topological polar surface area (TPSA) is 88.3 Å². The molecule has 0 amide bonds. The number of nitrogens with zero attached hydrogens (tertiary/aromatic N) is 3. The van der Waals surface area contributed by atoms with Crippen LogP contribution in [0.5, 0.6) is 0 Å². The average Bonchev–Trinajstić information content (AvgIpc) is 2.45. The van der Waals surface area contributed by atoms with Crippen molar-refractivity contribution in [3.63, 3.8) is 0 Å². The predicted molar refractivity (Wildman–Crippen MR) is 79.6 cm³/mol. The fraction of sp³-hybridized carbons (Fsp3) is 0.692. The molecule has 7 nitrogen and oxygen atoms in total. The molecule has 0 saturated carbocycles. The molecular weight excluding hydrogens is 256 g/mol. The summed E-state index contributed by atoms with van der Waals surface area (Å²) in [5.74, 6) is 7.66. The van der Waals surface area contributed by atoms with E-state index in [1.54, 1.807) is 0 Å². The highest BCUT2D eigenvalue weighted by Crippen LogP contribution is 2.12. The molecule has 0 aliphatic carbocycles. The van der Waals surface area contributed by atoms with Crippen LogP contribution in [0.25, 0.3) is 0 Å². The van der Waals surface area contributed by atoms with E-state index in [2.05, 4.69) is 39.6 Å². The van der Waals surface area contributed by atoms with Crippen LogP contribution in [0.15, 0.2) is 6.07 Å². The van der Waals surface area contributed by atoms with Gasteiger partial charge in [0.15, 0.2) is 0 Å². The van der Waals surface area contributed by atoms with Gasteiger partial charge in [0.2, 0.25) is 0 Å². The zero-order valence-electron chi connectivity index (χ0n) is 12.2. The molecule has 0 radical (unpaired) electrons. The highest BCUT2D eigenvalue weighted by molar-refractivity contribution is 5.46. The molecule has 2 heterocycles. The van der Waals surface area contributed by atoms with Crippen molar-refractivity contribution in [1.82, 2.24) is 14.9 Å². The van der Waals surface area contributed by atoms with Crippen molar-refractivity contribution in [1.29, 1.82) is 0 Å². The first-order chi connectivity index (χ1) is 9.71. The number of hydrogen-bond acceptors (Lipinski definition) is 7. The smallest absolute Gasteiger partial charge is 0.145 e. The van der Waals surface area contributed by atoms with E-state index in [-0.39, 0.29) is 6.10 Å². The highest BCUT2D eigenvalue weighted by Gasteiger charge is 2.17. The van der Waals surface area contributed by atoms with Gasteiger partial charge in [0.1, 0.15) is 17.5 Å². The summed E-state index contributed by atoms with van der Waals surface area (Å²) in [5, 5.41) is 3.31. The van der Waals surface area contributed by atoms with Crippen molar-refractivity contribution in [3.05, 3.63) is 11.9 Å². The maximum absolute atomic E-state index is 5.72. The van der Waals surface area contributed by atoms with Crippen LogP contribution in [0, 0.1) is 0 Å². The number of likely N-dealkylation sites (N-methyl/N-ethyl adjacent to an activating group) is 1. The van der Waals surface area contributed by atoms with Gasteiger partial charge in [0.25, 0.3) is 0 Å². The van der Waals surface area contributed by atoms with Crippen molar-refractivity contribution in [3.8, 4) is 0 Å². The molecule has 1 fully saturated rings. The number of morpholine rings is 1. The van der Waals surface area contributed by atoms with Gasteiger partial charge in [-0.1, -0.05) is 6.92 Å². The van der Waals surface area contributed by atoms with Gasteiger partial charge in [0.05, 0.1) is 12.7 Å². The molecule has 1 aromatic rings. The van der Waals surface area contributed by atoms with Gasteiger partial charge in [-0.2, -0.15) is 0 Å². The Hall–Kier alpha value is -1.44. The van der Waals surface area contributed by atoms with Gasteiger partial charge in [-0.15, -0.1) is 0 Å². The van der Waals surface area contributed by atoms with E-state index in [1.165, 1.54) is 0 Å². The van der Waals surface area contributed by atoms with Gasteiger partial charge in [-0.25, -0.2) is 15.8 Å². The molecule has 4 N–H and O–H groups in total. The molecule has 1 aliphatic rings. The van der Waals surface area contributed by atoms with E-state index >= 15 is 0 Å². The first-order valence-corrected chi connectivity index (χ1v) is 7.10. The monoisotopic (exact) mass is 280 g/mol. The number of aryl methyl sites for hydroxylation is 1. The van der Waals surface area contributed by atoms with Crippen molar-refractivity contribution >= 4 is 11.6 Å². The molecule has 0 spiro atoms. The molecule has 0 bridgehead atoms. The maximum atomic E-state index is 5.72. The summed E-state index contributed by atoms with van der Waals surface area (Å²) in [5.41, 5.74) is 2.58. The van der Waals surface area contributed by atoms with Crippen molar-refractivity contribution in [2.45, 2.75) is 25.9 Å². The third-order valence-corrected chi connectivity index (χ3v) is 3.25. The average molecular weight is 280 g/mol. The molecule has 1 saturated heterocycles. The Labute approximate surface area is 119 Å². The number of rotatable bonds is 6. The second-order valence-corrected chi connectivity index (χ2v) is 5.08. The van der Waals surface area contributed by atoms with Crippen LogP contribution in [0.4, 0.5) is 11.6 Å². The number of anilines is 2. The van der Waals surface area contributed by atoms with E-state index in [0.717, 1.165) is 50.7 Å². The molecule has 1 aliphatic heterocycles. The molecule has 1 aromatic heterocycles. The summed E-state index contributed by atoms with van der Waals surface area (Å²) < 4.78 is 5.72. The molecule has 112 valence electrons. The quantitative estimate of drug-likeness (QED) is 0.515. The van der Waals surface area contributed by atoms with E-state index in [4.69, 9.17) is 10.6 Å². The Morgan fingerprint density at radius 1 is 1.45 bits per heavy atom. The van der Waals surface area contributed by atoms with Gasteiger partial charge in [-0.3, -0.25) is 0 Å². The number of aromatic nitrogens is 2. The zero-order valence-corrected chi connectivity index (χ0v) is 12.2. The van der Waals surface area contributed by atoms with Crippen LogP contribution in [0.1, 0.15) is 19.2 Å². The second-order valence-electron chi connectivity index (χ2n) is 5.08. The fourth-order valence-electron chi connectivity index (χ4n) is 2.21. The molecule has 7 heteroatoms. The Kier molecular flexibility index (Phi) is 5.51. The van der Waals surface area contributed by atoms with Crippen molar-refractivity contribution < 1.29 is 4.74 Å². The fourth-order valence-corrected chi connectivity index (χ4v) is 2.21. The molecule has 0 aromatic carbocycles. The van der Waals surface area contributed by atoms with Crippen LogP contribution in [-0.4, -0.2) is 54.3 Å². The Morgan fingerprint density at radius 2 is 2.25 bits per heavy atom. The summed E-state index contributed by atoms with van der Waals surface area (Å²) in [6, 6.07) is 1.81. The largest absolute Gasteiger partial charge is 0.374 e. The van der Waals surface area contributed by atoms with Crippen LogP contribution < -0.4 is 16.6 Å². The summed E-state index contributed by atoms with van der Waals surface area (Å²) in [6.07, 6.45) is 2.03. The molecule has 20 heavy (non-hydrogen) atoms. The number of ether oxygens (including phenoxy) is 1. The minimum absolute atomic E-state index is 0.188. The number of nitrogens with one attached hydrogen (secondary N) is 2. The molecule has 1 unspecified atom stereocenters. The number of nitrogen functional groups attached to an aromatic ring is 1. The predicted octanol–water partition coefficient (Wildman–Crippen LogP) is 0.457. The van der Waals surface area contributed by atoms with Gasteiger partial charge in [0, 0.05) is 32.1 Å². The summed E-state index contributed by atoms with van der Waals surface area (Å²) in [7, 11) is 2.11. The Bertz CT molecular complexity index is 427. The number of nitrogens with two attached hydrogens (primary N) is 1. The third-order valence-electron chi connectivity index (χ3n) is 3.25. The standard InChI is InChI=1S/C13H24N6O/c1-3-4-11-16-12(7-13(17-11)18-14)15-8-10-9-19(2)5-6-20-10/h7,10H,3-6,8-9,14H2,1-2H3,(H2,15,16,17,18). The van der Waals surface area contributed by atoms with Crippen molar-refractivity contribution in [2.24, 2.45) is 5.84 Å². The molecule has 2 rings (SSSR count). The van der Waals surface area contributed by atoms with Crippen LogP contribution in [0.2, 0.25) is 0 Å². The van der Waals surface area contributed by atoms with E-state index < -0.39 is 0 Å². The SMILES string of the molecule is CCCc1nc(NN)cc(NCC2CN(C)CCO2)n1. The lowest BCUT2D eigenvalue weighted by Crippen LogP contribution is -2.43. The lowest BCUT2D eigenvalue weighted by Gasteiger charge is -2.30. The van der Waals surface area contributed by atoms with Crippen LogP contribution >= 0.6 is 0 Å². The molecular formula is C13H24N6O. The van der Waals surface area contributed by atoms with E-state index in [9.17, 15) is 0 Å². The Balaban J connectivity index is 1.95. The highest BCUT2D eigenvalue weighted by atomic mass is 16.5. The second kappa shape index (κ2) is 7.37. The van der Waals surface area contributed by atoms with Gasteiger partial charge in [-0.05, 0) is 13.5 Å². The maximum Gasteiger partial charge on any atom is 0.145 e. The van der Waals surface area contributed by atoms with Crippen LogP contribution in [-0.2, 0) is 11.2 Å². The lowest BCUT2D eigenvalue weighted by atomic mass is 10.3. The number of hydrogen-bond donors (Lipinski definition) is 3. The summed E-state index contributed by atoms with van der Waals surface area (Å²) in [6.45, 7) is 5.54. The lowest BCUT2D eigenvalue weighted by molar-refractivity contribution is -0.0117. The number of hydrazine groups is 1. The van der Waals surface area contributed by atoms with E-state index in [1.807, 2.05) is 6.07 Å². The summed E-state index contributed by atoms with van der Waals surface area (Å²) >= 11 is 0. The van der Waals surface area contributed by atoms with E-state index in [0.29, 0.717) is 5.82 Å². The normalized spacial score (nSPS) is 19.9. The van der Waals surface area contributed by atoms with Crippen LogP contribution in [0.3, 0.4) is 0 Å². The van der Waals surface area contributed by atoms with Gasteiger partial charge >= 0.3 is 0 Å². The minimum atomic E-state index is 0.188. The minimum Gasteiger partial charge on any atom is -0.374 e. The summed E-state index contributed by atoms with van der Waals surface area (Å²) in [4.78, 5) is 11.1.